The second-order valence-electron chi connectivity index (χ2n) is 0.500. The summed E-state index contributed by atoms with van der Waals surface area (Å²) in [5.74, 6) is 0. The standard InChI is InChI=1S/C3H5NS.C2H6/c1-2-3-4-5;1-2/h2-3,5H,1H2;1-2H3/b4-3-;. The van der Waals surface area contributed by atoms with Gasteiger partial charge in [-0.25, -0.2) is 4.40 Å². The van der Waals surface area contributed by atoms with Crippen molar-refractivity contribution < 1.29 is 0 Å². The molecule has 0 N–H and O–H groups in total. The first-order valence-corrected chi connectivity index (χ1v) is 2.60. The Morgan fingerprint density at radius 3 is 2.00 bits per heavy atom. The van der Waals surface area contributed by atoms with E-state index in [2.05, 4.69) is 23.8 Å². The van der Waals surface area contributed by atoms with Gasteiger partial charge in [-0.05, 0) is 12.8 Å². The minimum atomic E-state index is 1.50. The van der Waals surface area contributed by atoms with E-state index in [-0.39, 0.29) is 0 Å². The highest BCUT2D eigenvalue weighted by atomic mass is 32.1. The molecule has 0 bridgehead atoms. The van der Waals surface area contributed by atoms with Crippen molar-refractivity contribution >= 4 is 19.0 Å². The van der Waals surface area contributed by atoms with E-state index in [0.717, 1.165) is 0 Å². The largest absolute Gasteiger partial charge is 0.228 e. The predicted octanol–water partition coefficient (Wildman–Crippen LogP) is 2.11. The van der Waals surface area contributed by atoms with Crippen LogP contribution >= 0.6 is 12.8 Å². The third-order valence-corrected chi connectivity index (χ3v) is 0.305. The summed E-state index contributed by atoms with van der Waals surface area (Å²) in [5.41, 5.74) is 0. The third-order valence-electron chi connectivity index (χ3n) is 0.172. The van der Waals surface area contributed by atoms with Crippen molar-refractivity contribution in [2.45, 2.75) is 13.8 Å². The van der Waals surface area contributed by atoms with Crippen molar-refractivity contribution in [1.82, 2.24) is 0 Å². The molecule has 0 amide bonds. The summed E-state index contributed by atoms with van der Waals surface area (Å²) < 4.78 is 3.31. The first kappa shape index (κ1) is 9.90. The molecule has 0 aromatic carbocycles. The summed E-state index contributed by atoms with van der Waals surface area (Å²) in [7, 11) is 0. The van der Waals surface area contributed by atoms with Crippen LogP contribution in [0.25, 0.3) is 0 Å². The maximum absolute atomic E-state index is 3.50. The minimum Gasteiger partial charge on any atom is -0.228 e. The molecule has 0 spiro atoms. The molecular weight excluding hydrogens is 106 g/mol. The second kappa shape index (κ2) is 17.1. The van der Waals surface area contributed by atoms with Gasteiger partial charge in [0.05, 0.1) is 0 Å². The van der Waals surface area contributed by atoms with E-state index in [1.54, 1.807) is 6.08 Å². The van der Waals surface area contributed by atoms with Crippen LogP contribution in [0.5, 0.6) is 0 Å². The Morgan fingerprint density at radius 1 is 1.57 bits per heavy atom. The first-order chi connectivity index (χ1) is 3.41. The van der Waals surface area contributed by atoms with Crippen LogP contribution in [-0.4, -0.2) is 6.21 Å². The van der Waals surface area contributed by atoms with Crippen molar-refractivity contribution in [2.24, 2.45) is 4.40 Å². The van der Waals surface area contributed by atoms with Crippen LogP contribution in [0.1, 0.15) is 13.8 Å². The highest BCUT2D eigenvalue weighted by Gasteiger charge is 1.43. The van der Waals surface area contributed by atoms with Gasteiger partial charge in [0.2, 0.25) is 0 Å². The quantitative estimate of drug-likeness (QED) is 0.399. The Morgan fingerprint density at radius 2 is 2.00 bits per heavy atom. The van der Waals surface area contributed by atoms with Gasteiger partial charge in [0.15, 0.2) is 0 Å². The fourth-order valence-corrected chi connectivity index (χ4v) is 0.141. The Hall–Kier alpha value is -0.240. The van der Waals surface area contributed by atoms with E-state index < -0.39 is 0 Å². The number of allylic oxidation sites excluding steroid dienone is 1. The monoisotopic (exact) mass is 117 g/mol. The molecule has 7 heavy (non-hydrogen) atoms. The van der Waals surface area contributed by atoms with E-state index in [1.807, 2.05) is 13.8 Å². The maximum atomic E-state index is 3.50. The lowest BCUT2D eigenvalue weighted by Crippen LogP contribution is -1.46. The fourth-order valence-electron chi connectivity index (χ4n) is 0.0471. The van der Waals surface area contributed by atoms with Gasteiger partial charge in [0, 0.05) is 6.21 Å². The van der Waals surface area contributed by atoms with E-state index in [9.17, 15) is 0 Å². The van der Waals surface area contributed by atoms with E-state index in [4.69, 9.17) is 0 Å². The van der Waals surface area contributed by atoms with Crippen molar-refractivity contribution in [2.75, 3.05) is 0 Å². The lowest BCUT2D eigenvalue weighted by atomic mass is 10.7. The molecule has 0 aliphatic heterocycles. The SMILES string of the molecule is C=C/C=N\S.CC. The van der Waals surface area contributed by atoms with Crippen molar-refractivity contribution in [3.8, 4) is 0 Å². The molecule has 0 saturated heterocycles. The number of hydrogen-bond donors (Lipinski definition) is 1. The van der Waals surface area contributed by atoms with Crippen molar-refractivity contribution in [1.29, 1.82) is 0 Å². The van der Waals surface area contributed by atoms with Gasteiger partial charge in [-0.3, -0.25) is 0 Å². The molecule has 1 nitrogen and oxygen atoms in total. The minimum absolute atomic E-state index is 1.50. The molecule has 0 aliphatic carbocycles. The van der Waals surface area contributed by atoms with Gasteiger partial charge in [-0.15, -0.1) is 0 Å². The van der Waals surface area contributed by atoms with Crippen LogP contribution in [0.2, 0.25) is 0 Å². The molecule has 0 aromatic heterocycles. The zero-order valence-corrected chi connectivity index (χ0v) is 5.65. The van der Waals surface area contributed by atoms with Gasteiger partial charge in [-0.2, -0.15) is 0 Å². The number of thiol groups is 1. The Kier molecular flexibility index (Phi) is 24.2. The Bertz CT molecular complexity index is 50.0. The van der Waals surface area contributed by atoms with Crippen LogP contribution in [0.4, 0.5) is 0 Å². The fraction of sp³-hybridized carbons (Fsp3) is 0.400. The maximum Gasteiger partial charge on any atom is 0.0342 e. The number of hydrogen-bond acceptors (Lipinski definition) is 2. The van der Waals surface area contributed by atoms with Gasteiger partial charge < -0.3 is 0 Å². The van der Waals surface area contributed by atoms with E-state index in [0.29, 0.717) is 0 Å². The number of nitrogens with zero attached hydrogens (tertiary/aromatic N) is 1. The summed E-state index contributed by atoms with van der Waals surface area (Å²) in [5, 5.41) is 0. The van der Waals surface area contributed by atoms with Crippen LogP contribution in [0.15, 0.2) is 17.1 Å². The average molecular weight is 117 g/mol. The van der Waals surface area contributed by atoms with Gasteiger partial charge in [0.25, 0.3) is 0 Å². The zero-order chi connectivity index (χ0) is 6.12. The normalized spacial score (nSPS) is 7.29. The summed E-state index contributed by atoms with van der Waals surface area (Å²) in [6.45, 7) is 7.35. The van der Waals surface area contributed by atoms with E-state index in [1.165, 1.54) is 6.21 Å². The number of rotatable bonds is 1. The third kappa shape index (κ3) is 26.3. The van der Waals surface area contributed by atoms with Gasteiger partial charge >= 0.3 is 0 Å². The molecule has 0 heterocycles. The van der Waals surface area contributed by atoms with Crippen LogP contribution in [0, 0.1) is 0 Å². The lowest BCUT2D eigenvalue weighted by Gasteiger charge is -1.56. The Labute approximate surface area is 50.7 Å². The molecule has 0 aliphatic rings. The van der Waals surface area contributed by atoms with E-state index >= 15 is 0 Å². The van der Waals surface area contributed by atoms with Crippen molar-refractivity contribution in [3.63, 3.8) is 0 Å². The molecule has 0 rings (SSSR count). The molecule has 42 valence electrons. The summed E-state index contributed by atoms with van der Waals surface area (Å²) >= 11 is 3.50. The molecule has 0 saturated carbocycles. The topological polar surface area (TPSA) is 12.4 Å². The van der Waals surface area contributed by atoms with Crippen LogP contribution in [-0.2, 0) is 0 Å². The first-order valence-electron chi connectivity index (χ1n) is 2.20. The summed E-state index contributed by atoms with van der Waals surface area (Å²) in [6.07, 6.45) is 3.07. The zero-order valence-electron chi connectivity index (χ0n) is 4.76. The summed E-state index contributed by atoms with van der Waals surface area (Å²) in [6, 6.07) is 0. The lowest BCUT2D eigenvalue weighted by molar-refractivity contribution is 1.50. The molecule has 0 aromatic rings. The van der Waals surface area contributed by atoms with Crippen LogP contribution in [0.3, 0.4) is 0 Å². The average Bonchev–Trinajstić information content (AvgIpc) is 1.75. The molecule has 0 radical (unpaired) electrons. The second-order valence-corrected chi connectivity index (χ2v) is 0.731. The predicted molar refractivity (Wildman–Crippen MR) is 39.0 cm³/mol. The van der Waals surface area contributed by atoms with Gasteiger partial charge in [-0.1, -0.05) is 26.5 Å². The van der Waals surface area contributed by atoms with Crippen LogP contribution < -0.4 is 0 Å². The van der Waals surface area contributed by atoms with Crippen molar-refractivity contribution in [3.05, 3.63) is 12.7 Å². The summed E-state index contributed by atoms with van der Waals surface area (Å²) in [4.78, 5) is 0. The molecule has 2 heteroatoms. The molecule has 0 unspecified atom stereocenters. The highest BCUT2D eigenvalue weighted by Crippen LogP contribution is 1.65. The molecule has 0 atom stereocenters. The smallest absolute Gasteiger partial charge is 0.0342 e. The van der Waals surface area contributed by atoms with Gasteiger partial charge in [0.1, 0.15) is 0 Å². The highest BCUT2D eigenvalue weighted by molar-refractivity contribution is 7.78. The molecular formula is C5H11NS. The Balaban J connectivity index is 0. The molecule has 0 fully saturated rings.